The van der Waals surface area contributed by atoms with Crippen molar-refractivity contribution in [1.29, 1.82) is 0 Å². The summed E-state index contributed by atoms with van der Waals surface area (Å²) in [4.78, 5) is 4.56. The number of aromatic nitrogens is 2. The van der Waals surface area contributed by atoms with Gasteiger partial charge in [-0.05, 0) is 59.9 Å². The van der Waals surface area contributed by atoms with E-state index in [1.54, 1.807) is 14.2 Å². The molecule has 39 heavy (non-hydrogen) atoms. The number of benzene rings is 2. The van der Waals surface area contributed by atoms with Crippen molar-refractivity contribution in [1.82, 2.24) is 4.98 Å². The fraction of sp³-hybridized carbons (Fsp3) is 0.273. The molecule has 0 aliphatic carbocycles. The maximum Gasteiger partial charge on any atom is 0.219 e. The third kappa shape index (κ3) is 8.60. The first-order chi connectivity index (χ1) is 19.0. The van der Waals surface area contributed by atoms with E-state index in [2.05, 4.69) is 11.6 Å². The molecule has 0 N–H and O–H groups in total. The van der Waals surface area contributed by atoms with Gasteiger partial charge in [0, 0.05) is 30.3 Å². The van der Waals surface area contributed by atoms with Gasteiger partial charge in [0.15, 0.2) is 23.9 Å². The van der Waals surface area contributed by atoms with Crippen LogP contribution in [0, 0.1) is 5.21 Å². The highest BCUT2D eigenvalue weighted by molar-refractivity contribution is 5.61. The van der Waals surface area contributed by atoms with Crippen molar-refractivity contribution < 1.29 is 18.9 Å². The monoisotopic (exact) mass is 528 g/mol. The minimum Gasteiger partial charge on any atom is -0.619 e. The van der Waals surface area contributed by atoms with Crippen molar-refractivity contribution in [2.75, 3.05) is 14.2 Å². The maximum absolute atomic E-state index is 11.5. The van der Waals surface area contributed by atoms with Crippen LogP contribution in [0.15, 0.2) is 91.9 Å². The van der Waals surface area contributed by atoms with E-state index in [9.17, 15) is 5.21 Å². The average Bonchev–Trinajstić information content (AvgIpc) is 2.99. The average molecular weight is 529 g/mol. The molecule has 6 nitrogen and oxygen atoms in total. The molecule has 2 aromatic carbocycles. The Bertz CT molecular complexity index is 1290. The lowest BCUT2D eigenvalue weighted by atomic mass is 9.87. The van der Waals surface area contributed by atoms with Gasteiger partial charge in [0.05, 0.1) is 14.2 Å². The Labute approximate surface area is 233 Å². The minimum absolute atomic E-state index is 0.0197. The summed E-state index contributed by atoms with van der Waals surface area (Å²) in [7, 11) is 3.24. The summed E-state index contributed by atoms with van der Waals surface area (Å²) in [5, 5.41) is 11.5. The van der Waals surface area contributed by atoms with Crippen molar-refractivity contribution in [3.05, 3.63) is 119 Å². The highest BCUT2D eigenvalue weighted by Crippen LogP contribution is 2.35. The van der Waals surface area contributed by atoms with Crippen molar-refractivity contribution >= 4 is 5.57 Å². The number of pyridine rings is 2. The van der Waals surface area contributed by atoms with E-state index in [4.69, 9.17) is 14.2 Å². The molecule has 0 bridgehead atoms. The second kappa shape index (κ2) is 15.8. The van der Waals surface area contributed by atoms with E-state index >= 15 is 0 Å². The fourth-order valence-corrected chi connectivity index (χ4v) is 3.90. The van der Waals surface area contributed by atoms with Crippen molar-refractivity contribution in [3.63, 3.8) is 0 Å². The molecule has 1 unspecified atom stereocenters. The zero-order valence-electron chi connectivity index (χ0n) is 24.1. The predicted octanol–water partition coefficient (Wildman–Crippen LogP) is 7.98. The largest absolute Gasteiger partial charge is 0.619 e. The second-order valence-electron chi connectivity index (χ2n) is 8.27. The quantitative estimate of drug-likeness (QED) is 0.163. The highest BCUT2D eigenvalue weighted by atomic mass is 16.5. The van der Waals surface area contributed by atoms with Gasteiger partial charge in [-0.25, -0.2) is 4.98 Å². The Kier molecular flexibility index (Phi) is 12.5. The third-order valence-electron chi connectivity index (χ3n) is 5.85. The zero-order chi connectivity index (χ0) is 28.8. The first-order valence-corrected chi connectivity index (χ1v) is 13.3. The van der Waals surface area contributed by atoms with Crippen molar-refractivity contribution in [2.45, 2.75) is 47.0 Å². The fourth-order valence-electron chi connectivity index (χ4n) is 3.90. The van der Waals surface area contributed by atoms with Gasteiger partial charge >= 0.3 is 0 Å². The van der Waals surface area contributed by atoms with E-state index in [0.29, 0.717) is 29.5 Å². The Morgan fingerprint density at radius 2 is 1.46 bits per heavy atom. The van der Waals surface area contributed by atoms with Crippen LogP contribution in [0.3, 0.4) is 0 Å². The van der Waals surface area contributed by atoms with Gasteiger partial charge in [-0.15, -0.1) is 0 Å². The summed E-state index contributed by atoms with van der Waals surface area (Å²) >= 11 is 0. The molecule has 4 rings (SSSR count). The predicted molar refractivity (Wildman–Crippen MR) is 159 cm³/mol. The molecule has 2 heterocycles. The SMILES string of the molecule is C=C(C)c1ccc(Oc2ccc(C(Cc3cc[n+]([O-])cc3)c3ccc(OC)c(OC)c3)cn2)cc1.CC.CC. The molecule has 0 fully saturated rings. The van der Waals surface area contributed by atoms with Crippen molar-refractivity contribution in [2.24, 2.45) is 0 Å². The smallest absolute Gasteiger partial charge is 0.219 e. The number of methoxy groups -OCH3 is 2. The number of hydrogen-bond donors (Lipinski definition) is 0. The number of ether oxygens (including phenoxy) is 3. The summed E-state index contributed by atoms with van der Waals surface area (Å²) in [6.45, 7) is 13.9. The van der Waals surface area contributed by atoms with Gasteiger partial charge in [-0.2, -0.15) is 4.73 Å². The zero-order valence-corrected chi connectivity index (χ0v) is 24.1. The molecule has 0 aliphatic heterocycles. The second-order valence-corrected chi connectivity index (χ2v) is 8.27. The summed E-state index contributed by atoms with van der Waals surface area (Å²) in [6.07, 6.45) is 5.53. The van der Waals surface area contributed by atoms with Crippen LogP contribution in [0.1, 0.15) is 62.8 Å². The molecular formula is C33H40N2O4. The number of rotatable bonds is 9. The lowest BCUT2D eigenvalue weighted by Crippen LogP contribution is -2.24. The van der Waals surface area contributed by atoms with Gasteiger partial charge in [-0.3, -0.25) is 0 Å². The summed E-state index contributed by atoms with van der Waals surface area (Å²) in [6, 6.07) is 21.2. The molecule has 1 atom stereocenters. The Morgan fingerprint density at radius 3 is 2.00 bits per heavy atom. The molecule has 0 saturated carbocycles. The Hall–Kier alpha value is -4.32. The van der Waals surface area contributed by atoms with Crippen LogP contribution in [0.25, 0.3) is 5.57 Å². The first kappa shape index (κ1) is 30.9. The third-order valence-corrected chi connectivity index (χ3v) is 5.85. The highest BCUT2D eigenvalue weighted by Gasteiger charge is 2.19. The van der Waals surface area contributed by atoms with Crippen LogP contribution in [0.4, 0.5) is 0 Å². The minimum atomic E-state index is -0.0197. The van der Waals surface area contributed by atoms with E-state index < -0.39 is 0 Å². The molecule has 6 heteroatoms. The molecule has 4 aromatic rings. The molecule has 0 amide bonds. The Balaban J connectivity index is 0.00000127. The normalized spacial score (nSPS) is 10.6. The summed E-state index contributed by atoms with van der Waals surface area (Å²) in [5.74, 6) is 2.53. The van der Waals surface area contributed by atoms with E-state index in [-0.39, 0.29) is 5.92 Å². The van der Waals surface area contributed by atoms with E-state index in [1.807, 2.05) is 108 Å². The van der Waals surface area contributed by atoms with Gasteiger partial charge in [0.25, 0.3) is 0 Å². The van der Waals surface area contributed by atoms with Gasteiger partial charge in [0.2, 0.25) is 5.88 Å². The Morgan fingerprint density at radius 1 is 0.846 bits per heavy atom. The maximum atomic E-state index is 11.5. The number of allylic oxidation sites excluding steroid dienone is 1. The van der Waals surface area contributed by atoms with Crippen molar-refractivity contribution in [3.8, 4) is 23.1 Å². The van der Waals surface area contributed by atoms with E-state index in [1.165, 1.54) is 12.4 Å². The van der Waals surface area contributed by atoms with Crippen LogP contribution in [-0.2, 0) is 6.42 Å². The lowest BCUT2D eigenvalue weighted by Gasteiger charge is -2.20. The topological polar surface area (TPSA) is 67.5 Å². The molecule has 0 saturated heterocycles. The molecule has 2 aromatic heterocycles. The number of hydrogen-bond acceptors (Lipinski definition) is 5. The standard InChI is InChI=1S/C29H28N2O4.2C2H6/c1-20(2)22-5-9-25(10-6-22)35-29-12-8-24(19-30-29)26(17-21-13-15-31(32)16-14-21)23-7-11-27(33-3)28(18-23)34-4;2*1-2/h5-16,18-19,26H,1,17H2,2-4H3;2*1-2H3. The summed E-state index contributed by atoms with van der Waals surface area (Å²) in [5.41, 5.74) is 5.17. The lowest BCUT2D eigenvalue weighted by molar-refractivity contribution is -0.605. The van der Waals surface area contributed by atoms with Crippen LogP contribution >= 0.6 is 0 Å². The molecule has 0 radical (unpaired) electrons. The summed E-state index contributed by atoms with van der Waals surface area (Å²) < 4.78 is 17.7. The van der Waals surface area contributed by atoms with Gasteiger partial charge in [0.1, 0.15) is 5.75 Å². The van der Waals surface area contributed by atoms with Crippen LogP contribution < -0.4 is 18.9 Å². The van der Waals surface area contributed by atoms with Crippen LogP contribution in [-0.4, -0.2) is 19.2 Å². The molecule has 0 aliphatic rings. The first-order valence-electron chi connectivity index (χ1n) is 13.3. The molecular weight excluding hydrogens is 488 g/mol. The molecule has 0 spiro atoms. The van der Waals surface area contributed by atoms with E-state index in [0.717, 1.165) is 32.6 Å². The van der Waals surface area contributed by atoms with Gasteiger partial charge in [-0.1, -0.05) is 64.1 Å². The van der Waals surface area contributed by atoms with Crippen LogP contribution in [0.5, 0.6) is 23.1 Å². The molecule has 206 valence electrons. The number of nitrogens with zero attached hydrogens (tertiary/aromatic N) is 2. The van der Waals surface area contributed by atoms with Gasteiger partial charge < -0.3 is 19.4 Å². The van der Waals surface area contributed by atoms with Crippen LogP contribution in [0.2, 0.25) is 0 Å².